The van der Waals surface area contributed by atoms with Crippen molar-refractivity contribution in [2.45, 2.75) is 25.7 Å². The minimum absolute atomic E-state index is 0.0133. The van der Waals surface area contributed by atoms with E-state index in [4.69, 9.17) is 4.74 Å². The summed E-state index contributed by atoms with van der Waals surface area (Å²) in [5.74, 6) is 0.822. The van der Waals surface area contributed by atoms with Gasteiger partial charge in [-0.05, 0) is 49.2 Å². The Bertz CT molecular complexity index is 946. The summed E-state index contributed by atoms with van der Waals surface area (Å²) < 4.78 is 5.16. The third kappa shape index (κ3) is 7.57. The molecule has 1 saturated heterocycles. The van der Waals surface area contributed by atoms with E-state index < -0.39 is 4.92 Å². The smallest absolute Gasteiger partial charge is 0.269 e. The number of rotatable bonds is 9. The van der Waals surface area contributed by atoms with Crippen LogP contribution in [0.5, 0.6) is 5.75 Å². The number of nitro groups is 1. The van der Waals surface area contributed by atoms with Gasteiger partial charge in [-0.15, -0.1) is 0 Å². The van der Waals surface area contributed by atoms with Crippen molar-refractivity contribution in [3.8, 4) is 5.75 Å². The van der Waals surface area contributed by atoms with Crippen LogP contribution in [0.25, 0.3) is 0 Å². The molecule has 33 heavy (non-hydrogen) atoms. The van der Waals surface area contributed by atoms with E-state index in [-0.39, 0.29) is 17.5 Å². The van der Waals surface area contributed by atoms with Gasteiger partial charge in [0.2, 0.25) is 11.8 Å². The number of anilines is 1. The van der Waals surface area contributed by atoms with Crippen molar-refractivity contribution in [1.82, 2.24) is 9.80 Å². The summed E-state index contributed by atoms with van der Waals surface area (Å²) in [5, 5.41) is 13.5. The molecule has 0 saturated carbocycles. The molecule has 2 aromatic carbocycles. The van der Waals surface area contributed by atoms with Crippen LogP contribution in [0.1, 0.15) is 24.8 Å². The third-order valence-corrected chi connectivity index (χ3v) is 5.74. The average Bonchev–Trinajstić information content (AvgIpc) is 3.08. The van der Waals surface area contributed by atoms with Crippen molar-refractivity contribution < 1.29 is 19.2 Å². The molecular weight excluding hydrogens is 424 g/mol. The van der Waals surface area contributed by atoms with Gasteiger partial charge in [-0.3, -0.25) is 19.7 Å². The Hall–Kier alpha value is -3.46. The normalized spacial score (nSPS) is 14.4. The predicted octanol–water partition coefficient (Wildman–Crippen LogP) is 3.10. The summed E-state index contributed by atoms with van der Waals surface area (Å²) in [6, 6.07) is 13.6. The Morgan fingerprint density at radius 2 is 1.73 bits per heavy atom. The number of aryl methyl sites for hydroxylation is 1. The van der Waals surface area contributed by atoms with E-state index >= 15 is 0 Å². The highest BCUT2D eigenvalue weighted by Gasteiger charge is 2.19. The highest BCUT2D eigenvalue weighted by Crippen LogP contribution is 2.16. The zero-order valence-electron chi connectivity index (χ0n) is 18.9. The van der Waals surface area contributed by atoms with Gasteiger partial charge in [-0.2, -0.15) is 0 Å². The largest absolute Gasteiger partial charge is 0.497 e. The number of nitrogens with zero attached hydrogens (tertiary/aromatic N) is 3. The van der Waals surface area contributed by atoms with E-state index in [0.29, 0.717) is 38.0 Å². The number of carbonyl (C=O) groups is 2. The maximum absolute atomic E-state index is 12.7. The van der Waals surface area contributed by atoms with Crippen molar-refractivity contribution >= 4 is 23.2 Å². The fourth-order valence-electron chi connectivity index (χ4n) is 3.80. The molecule has 3 rings (SSSR count). The molecular formula is C24H30N4O5. The topological polar surface area (TPSA) is 105 Å². The zero-order valence-corrected chi connectivity index (χ0v) is 18.9. The fraction of sp³-hybridized carbons (Fsp3) is 0.417. The first-order chi connectivity index (χ1) is 15.9. The first-order valence-electron chi connectivity index (χ1n) is 11.1. The second kappa shape index (κ2) is 12.0. The summed E-state index contributed by atoms with van der Waals surface area (Å²) in [6.45, 7) is 3.57. The fourth-order valence-corrected chi connectivity index (χ4v) is 3.80. The Labute approximate surface area is 193 Å². The van der Waals surface area contributed by atoms with Gasteiger partial charge in [0.1, 0.15) is 5.75 Å². The second-order valence-electron chi connectivity index (χ2n) is 8.03. The van der Waals surface area contributed by atoms with Gasteiger partial charge < -0.3 is 19.9 Å². The Morgan fingerprint density at radius 3 is 2.39 bits per heavy atom. The number of nitrogens with one attached hydrogen (secondary N) is 1. The van der Waals surface area contributed by atoms with E-state index in [1.807, 2.05) is 29.2 Å². The molecule has 2 amide bonds. The quantitative estimate of drug-likeness (QED) is 0.461. The molecule has 0 atom stereocenters. The van der Waals surface area contributed by atoms with Crippen LogP contribution < -0.4 is 10.1 Å². The lowest BCUT2D eigenvalue weighted by molar-refractivity contribution is -0.384. The van der Waals surface area contributed by atoms with Crippen LogP contribution in [0, 0.1) is 10.1 Å². The number of carbonyl (C=O) groups excluding carboxylic acids is 2. The number of benzene rings is 2. The van der Waals surface area contributed by atoms with Crippen LogP contribution >= 0.6 is 0 Å². The van der Waals surface area contributed by atoms with Crippen LogP contribution in [-0.4, -0.2) is 66.4 Å². The molecule has 0 aromatic heterocycles. The van der Waals surface area contributed by atoms with Crippen molar-refractivity contribution in [1.29, 1.82) is 0 Å². The molecule has 176 valence electrons. The van der Waals surface area contributed by atoms with E-state index in [0.717, 1.165) is 37.4 Å². The zero-order chi connectivity index (χ0) is 23.6. The van der Waals surface area contributed by atoms with Gasteiger partial charge in [0.25, 0.3) is 5.69 Å². The van der Waals surface area contributed by atoms with Crippen LogP contribution in [0.15, 0.2) is 48.5 Å². The van der Waals surface area contributed by atoms with E-state index in [9.17, 15) is 19.7 Å². The number of methoxy groups -OCH3 is 1. The highest BCUT2D eigenvalue weighted by atomic mass is 16.6. The monoisotopic (exact) mass is 454 g/mol. The molecule has 0 bridgehead atoms. The minimum Gasteiger partial charge on any atom is -0.497 e. The molecule has 1 N–H and O–H groups in total. The van der Waals surface area contributed by atoms with Crippen LogP contribution in [-0.2, 0) is 16.0 Å². The number of non-ortho nitro benzene ring substituents is 1. The van der Waals surface area contributed by atoms with E-state index in [1.54, 1.807) is 7.11 Å². The van der Waals surface area contributed by atoms with Crippen molar-refractivity contribution in [3.05, 3.63) is 64.2 Å². The SMILES string of the molecule is COc1ccc(CCC(=O)N2CCCN(CCC(=O)Nc3ccc([N+](=O)[O-])cc3)CC2)cc1. The molecule has 9 nitrogen and oxygen atoms in total. The van der Waals surface area contributed by atoms with Crippen molar-refractivity contribution in [3.63, 3.8) is 0 Å². The Morgan fingerprint density at radius 1 is 1.00 bits per heavy atom. The van der Waals surface area contributed by atoms with Gasteiger partial charge in [0, 0.05) is 56.8 Å². The molecule has 9 heteroatoms. The van der Waals surface area contributed by atoms with Gasteiger partial charge in [-0.1, -0.05) is 12.1 Å². The van der Waals surface area contributed by atoms with Gasteiger partial charge in [0.05, 0.1) is 12.0 Å². The van der Waals surface area contributed by atoms with E-state index in [1.165, 1.54) is 24.3 Å². The predicted molar refractivity (Wildman–Crippen MR) is 125 cm³/mol. The van der Waals surface area contributed by atoms with Crippen LogP contribution in [0.4, 0.5) is 11.4 Å². The second-order valence-corrected chi connectivity index (χ2v) is 8.03. The standard InChI is InChI=1S/C24H30N4O5/c1-33-22-10-3-19(4-11-22)5-12-24(30)27-15-2-14-26(17-18-27)16-13-23(29)25-20-6-8-21(9-7-20)28(31)32/h3-4,6-11H,2,5,12-18H2,1H3,(H,25,29). The summed E-state index contributed by atoms with van der Waals surface area (Å²) in [4.78, 5) is 39.3. The molecule has 1 heterocycles. The van der Waals surface area contributed by atoms with Gasteiger partial charge in [-0.25, -0.2) is 0 Å². The number of hydrogen-bond donors (Lipinski definition) is 1. The van der Waals surface area contributed by atoms with Crippen molar-refractivity contribution in [2.75, 3.05) is 45.2 Å². The average molecular weight is 455 g/mol. The number of amides is 2. The molecule has 1 aliphatic rings. The first kappa shape index (κ1) is 24.2. The molecule has 1 aliphatic heterocycles. The number of ether oxygens (including phenoxy) is 1. The van der Waals surface area contributed by atoms with Gasteiger partial charge >= 0.3 is 0 Å². The van der Waals surface area contributed by atoms with E-state index in [2.05, 4.69) is 10.2 Å². The number of nitro benzene ring substituents is 1. The maximum Gasteiger partial charge on any atom is 0.269 e. The summed E-state index contributed by atoms with van der Waals surface area (Å²) in [5.41, 5.74) is 1.63. The summed E-state index contributed by atoms with van der Waals surface area (Å²) in [6.07, 6.45) is 2.37. The molecule has 2 aromatic rings. The summed E-state index contributed by atoms with van der Waals surface area (Å²) >= 11 is 0. The molecule has 0 spiro atoms. The minimum atomic E-state index is -0.474. The van der Waals surface area contributed by atoms with Crippen molar-refractivity contribution in [2.24, 2.45) is 0 Å². The highest BCUT2D eigenvalue weighted by molar-refractivity contribution is 5.90. The lowest BCUT2D eigenvalue weighted by Gasteiger charge is -2.22. The molecule has 0 aliphatic carbocycles. The Kier molecular flexibility index (Phi) is 8.77. The third-order valence-electron chi connectivity index (χ3n) is 5.74. The molecule has 0 unspecified atom stereocenters. The molecule has 1 fully saturated rings. The van der Waals surface area contributed by atoms with Crippen LogP contribution in [0.2, 0.25) is 0 Å². The van der Waals surface area contributed by atoms with Crippen LogP contribution in [0.3, 0.4) is 0 Å². The lowest BCUT2D eigenvalue weighted by Crippen LogP contribution is -2.36. The molecule has 0 radical (unpaired) electrons. The Balaban J connectivity index is 1.38. The maximum atomic E-state index is 12.7. The van der Waals surface area contributed by atoms with Gasteiger partial charge in [0.15, 0.2) is 0 Å². The number of hydrogen-bond acceptors (Lipinski definition) is 6. The summed E-state index contributed by atoms with van der Waals surface area (Å²) in [7, 11) is 1.63. The first-order valence-corrected chi connectivity index (χ1v) is 11.1. The lowest BCUT2D eigenvalue weighted by atomic mass is 10.1.